The predicted molar refractivity (Wildman–Crippen MR) is 59.8 cm³/mol. The smallest absolute Gasteiger partial charge is 0.00355 e. The SMILES string of the molecule is CC(C)N(C)CCCC(C)(C)CN. The summed E-state index contributed by atoms with van der Waals surface area (Å²) in [6.45, 7) is 10.9. The van der Waals surface area contributed by atoms with Gasteiger partial charge in [0, 0.05) is 6.04 Å². The van der Waals surface area contributed by atoms with Gasteiger partial charge in [-0.2, -0.15) is 0 Å². The molecule has 2 heteroatoms. The molecular weight excluding hydrogens is 160 g/mol. The predicted octanol–water partition coefficient (Wildman–Crippen LogP) is 2.09. The molecule has 0 amide bonds. The number of nitrogens with two attached hydrogens (primary N) is 1. The van der Waals surface area contributed by atoms with E-state index >= 15 is 0 Å². The summed E-state index contributed by atoms with van der Waals surface area (Å²) in [6, 6.07) is 0.654. The van der Waals surface area contributed by atoms with E-state index in [1.54, 1.807) is 0 Å². The van der Waals surface area contributed by atoms with Crippen molar-refractivity contribution in [1.82, 2.24) is 4.90 Å². The molecule has 0 unspecified atom stereocenters. The van der Waals surface area contributed by atoms with Crippen molar-refractivity contribution in [3.8, 4) is 0 Å². The van der Waals surface area contributed by atoms with Crippen LogP contribution < -0.4 is 5.73 Å². The van der Waals surface area contributed by atoms with Gasteiger partial charge in [-0.15, -0.1) is 0 Å². The van der Waals surface area contributed by atoms with E-state index in [0.717, 1.165) is 6.54 Å². The molecule has 80 valence electrons. The van der Waals surface area contributed by atoms with Gasteiger partial charge >= 0.3 is 0 Å². The lowest BCUT2D eigenvalue weighted by Crippen LogP contribution is -2.29. The summed E-state index contributed by atoms with van der Waals surface area (Å²) in [5.74, 6) is 0. The molecule has 0 radical (unpaired) electrons. The monoisotopic (exact) mass is 186 g/mol. The van der Waals surface area contributed by atoms with Crippen LogP contribution in [0.15, 0.2) is 0 Å². The molecule has 0 bridgehead atoms. The lowest BCUT2D eigenvalue weighted by atomic mass is 9.88. The highest BCUT2D eigenvalue weighted by Crippen LogP contribution is 2.20. The molecule has 0 aliphatic rings. The van der Waals surface area contributed by atoms with Crippen LogP contribution in [-0.2, 0) is 0 Å². The van der Waals surface area contributed by atoms with Gasteiger partial charge in [0.15, 0.2) is 0 Å². The van der Waals surface area contributed by atoms with E-state index in [0.29, 0.717) is 11.5 Å². The Morgan fingerprint density at radius 1 is 1.31 bits per heavy atom. The van der Waals surface area contributed by atoms with Crippen molar-refractivity contribution in [2.75, 3.05) is 20.1 Å². The highest BCUT2D eigenvalue weighted by atomic mass is 15.1. The van der Waals surface area contributed by atoms with Gasteiger partial charge < -0.3 is 10.6 Å². The van der Waals surface area contributed by atoms with E-state index in [4.69, 9.17) is 5.73 Å². The zero-order valence-corrected chi connectivity index (χ0v) is 9.93. The Morgan fingerprint density at radius 3 is 2.23 bits per heavy atom. The van der Waals surface area contributed by atoms with Gasteiger partial charge in [0.2, 0.25) is 0 Å². The Morgan fingerprint density at radius 2 is 1.85 bits per heavy atom. The summed E-state index contributed by atoms with van der Waals surface area (Å²) < 4.78 is 0. The summed E-state index contributed by atoms with van der Waals surface area (Å²) in [4.78, 5) is 2.38. The second-order valence-corrected chi connectivity index (χ2v) is 5.05. The first-order valence-corrected chi connectivity index (χ1v) is 5.29. The number of hydrogen-bond acceptors (Lipinski definition) is 2. The molecule has 0 saturated carbocycles. The molecule has 0 spiro atoms. The fraction of sp³-hybridized carbons (Fsp3) is 1.00. The number of rotatable bonds is 6. The van der Waals surface area contributed by atoms with Crippen molar-refractivity contribution in [3.05, 3.63) is 0 Å². The minimum Gasteiger partial charge on any atom is -0.330 e. The molecule has 0 aromatic heterocycles. The maximum absolute atomic E-state index is 5.67. The van der Waals surface area contributed by atoms with E-state index in [2.05, 4.69) is 39.6 Å². The van der Waals surface area contributed by atoms with E-state index in [9.17, 15) is 0 Å². The van der Waals surface area contributed by atoms with Gasteiger partial charge in [-0.25, -0.2) is 0 Å². The van der Waals surface area contributed by atoms with Crippen LogP contribution >= 0.6 is 0 Å². The van der Waals surface area contributed by atoms with E-state index < -0.39 is 0 Å². The van der Waals surface area contributed by atoms with Crippen LogP contribution in [0.1, 0.15) is 40.5 Å². The maximum Gasteiger partial charge on any atom is 0.00355 e. The Kier molecular flexibility index (Phi) is 5.57. The van der Waals surface area contributed by atoms with Crippen LogP contribution in [0.4, 0.5) is 0 Å². The number of hydrogen-bond donors (Lipinski definition) is 1. The van der Waals surface area contributed by atoms with Gasteiger partial charge in [-0.3, -0.25) is 0 Å². The summed E-state index contributed by atoms with van der Waals surface area (Å²) >= 11 is 0. The highest BCUT2D eigenvalue weighted by molar-refractivity contribution is 4.70. The lowest BCUT2D eigenvalue weighted by molar-refractivity contribution is 0.243. The van der Waals surface area contributed by atoms with Gasteiger partial charge in [-0.1, -0.05) is 13.8 Å². The molecule has 0 saturated heterocycles. The third-order valence-electron chi connectivity index (χ3n) is 2.80. The molecular formula is C11H26N2. The Balaban J connectivity index is 3.56. The highest BCUT2D eigenvalue weighted by Gasteiger charge is 2.15. The largest absolute Gasteiger partial charge is 0.330 e. The normalized spacial score (nSPS) is 12.9. The standard InChI is InChI=1S/C11H26N2/c1-10(2)13(5)8-6-7-11(3,4)9-12/h10H,6-9,12H2,1-5H3. The molecule has 2 nitrogen and oxygen atoms in total. The molecule has 0 aliphatic carbocycles. The zero-order valence-electron chi connectivity index (χ0n) is 9.93. The minimum atomic E-state index is 0.317. The van der Waals surface area contributed by atoms with Gasteiger partial charge in [0.1, 0.15) is 0 Å². The quantitative estimate of drug-likeness (QED) is 0.688. The van der Waals surface area contributed by atoms with E-state index in [1.165, 1.54) is 19.4 Å². The molecule has 0 fully saturated rings. The molecule has 0 aliphatic heterocycles. The number of nitrogens with zero attached hydrogens (tertiary/aromatic N) is 1. The third-order valence-corrected chi connectivity index (χ3v) is 2.80. The van der Waals surface area contributed by atoms with Crippen molar-refractivity contribution in [2.45, 2.75) is 46.6 Å². The Bertz CT molecular complexity index is 130. The summed E-state index contributed by atoms with van der Waals surface area (Å²) in [5.41, 5.74) is 5.99. The Hall–Kier alpha value is -0.0800. The molecule has 2 N–H and O–H groups in total. The molecule has 0 atom stereocenters. The topological polar surface area (TPSA) is 29.3 Å². The van der Waals surface area contributed by atoms with Crippen LogP contribution in [0.5, 0.6) is 0 Å². The van der Waals surface area contributed by atoms with Crippen LogP contribution in [0, 0.1) is 5.41 Å². The fourth-order valence-electron chi connectivity index (χ4n) is 1.17. The average Bonchev–Trinajstić information content (AvgIpc) is 2.04. The average molecular weight is 186 g/mol. The first-order valence-electron chi connectivity index (χ1n) is 5.29. The molecule has 0 aromatic rings. The van der Waals surface area contributed by atoms with Gasteiger partial charge in [0.05, 0.1) is 0 Å². The Labute approximate surface area is 83.5 Å². The first kappa shape index (κ1) is 12.9. The minimum absolute atomic E-state index is 0.317. The second kappa shape index (κ2) is 5.61. The van der Waals surface area contributed by atoms with Gasteiger partial charge in [-0.05, 0) is 52.2 Å². The van der Waals surface area contributed by atoms with Crippen molar-refractivity contribution in [1.29, 1.82) is 0 Å². The molecule has 0 heterocycles. The first-order chi connectivity index (χ1) is 5.89. The summed E-state index contributed by atoms with van der Waals surface area (Å²) in [7, 11) is 2.18. The molecule has 0 aromatic carbocycles. The van der Waals surface area contributed by atoms with Crippen LogP contribution in [0.25, 0.3) is 0 Å². The van der Waals surface area contributed by atoms with Crippen molar-refractivity contribution in [3.63, 3.8) is 0 Å². The summed E-state index contributed by atoms with van der Waals surface area (Å²) in [5, 5.41) is 0. The van der Waals surface area contributed by atoms with Crippen LogP contribution in [0.2, 0.25) is 0 Å². The van der Waals surface area contributed by atoms with Crippen LogP contribution in [-0.4, -0.2) is 31.1 Å². The molecule has 0 rings (SSSR count). The zero-order chi connectivity index (χ0) is 10.5. The lowest BCUT2D eigenvalue weighted by Gasteiger charge is -2.25. The van der Waals surface area contributed by atoms with Gasteiger partial charge in [0.25, 0.3) is 0 Å². The van der Waals surface area contributed by atoms with Crippen molar-refractivity contribution in [2.24, 2.45) is 11.1 Å². The fourth-order valence-corrected chi connectivity index (χ4v) is 1.17. The van der Waals surface area contributed by atoms with E-state index in [1.807, 2.05) is 0 Å². The summed E-state index contributed by atoms with van der Waals surface area (Å²) in [6.07, 6.45) is 2.47. The maximum atomic E-state index is 5.67. The van der Waals surface area contributed by atoms with Crippen LogP contribution in [0.3, 0.4) is 0 Å². The van der Waals surface area contributed by atoms with E-state index in [-0.39, 0.29) is 0 Å². The second-order valence-electron chi connectivity index (χ2n) is 5.05. The molecule has 13 heavy (non-hydrogen) atoms. The van der Waals surface area contributed by atoms with Crippen molar-refractivity contribution < 1.29 is 0 Å². The van der Waals surface area contributed by atoms with Crippen molar-refractivity contribution >= 4 is 0 Å². The third kappa shape index (κ3) is 6.05.